The molecule has 10 rings (SSSR count). The number of nitrogens with zero attached hydrogens (tertiary/aromatic N) is 1. The molecule has 0 radical (unpaired) electrons. The highest BCUT2D eigenvalue weighted by Crippen LogP contribution is 2.55. The van der Waals surface area contributed by atoms with Gasteiger partial charge in [0.25, 0.3) is 5.22 Å². The molecule has 1 saturated heterocycles. The Balaban J connectivity index is 0.949. The molecule has 8 nitrogen and oxygen atoms in total. The van der Waals surface area contributed by atoms with E-state index in [1.807, 2.05) is 97.1 Å². The first kappa shape index (κ1) is 35.3. The fraction of sp³-hybridized carbons (Fsp3) is 0.378. The zero-order valence-electron chi connectivity index (χ0n) is 30.5. The standard InChI is InChI=1S/C45H47N3O5S/c1-28-38(27-54-44-47-39(33-9-4-2-5-10-33)41(53-44)34-11-6-3-7-12-34)51-42(52-40(28)35-17-15-29(26-49)16-18-35)36-13-8-14-37(22-36)46-43(50)48-45-23-30-19-31(24-45)21-32(20-30)25-45/h2-18,22,28,30-32,38,40,42,49H,19-21,23-27H2,1H3,(H2,46,48,50)/t28-,30?,31?,32?,38+,40+,42+,45?/m0/s1. The van der Waals surface area contributed by atoms with Crippen LogP contribution in [0.1, 0.15) is 74.5 Å². The van der Waals surface area contributed by atoms with Gasteiger partial charge in [0, 0.05) is 39.6 Å². The number of aliphatic hydroxyl groups is 1. The van der Waals surface area contributed by atoms with Crippen molar-refractivity contribution in [2.24, 2.45) is 23.7 Å². The van der Waals surface area contributed by atoms with E-state index in [1.54, 1.807) is 0 Å². The minimum Gasteiger partial charge on any atom is -0.431 e. The van der Waals surface area contributed by atoms with Crippen LogP contribution in [0, 0.1) is 23.7 Å². The first-order chi connectivity index (χ1) is 26.4. The molecule has 0 unspecified atom stereocenters. The number of carbonyl (C=O) groups is 1. The Bertz CT molecular complexity index is 1980. The first-order valence-electron chi connectivity index (χ1n) is 19.3. The van der Waals surface area contributed by atoms with Crippen LogP contribution in [0.2, 0.25) is 0 Å². The maximum Gasteiger partial charge on any atom is 0.319 e. The quantitative estimate of drug-likeness (QED) is 0.122. The van der Waals surface area contributed by atoms with E-state index in [0.29, 0.717) is 16.7 Å². The third-order valence-electron chi connectivity index (χ3n) is 12.0. The van der Waals surface area contributed by atoms with E-state index in [9.17, 15) is 9.90 Å². The number of nitrogens with one attached hydrogen (secondary N) is 2. The number of urea groups is 1. The van der Waals surface area contributed by atoms with Crippen LogP contribution < -0.4 is 10.6 Å². The molecule has 5 aromatic rings. The van der Waals surface area contributed by atoms with Gasteiger partial charge in [-0.15, -0.1) is 0 Å². The zero-order chi connectivity index (χ0) is 36.6. The molecule has 278 valence electrons. The Morgan fingerprint density at radius 1 is 0.815 bits per heavy atom. The van der Waals surface area contributed by atoms with Crippen molar-refractivity contribution in [2.45, 2.75) is 81.3 Å². The Labute approximate surface area is 321 Å². The SMILES string of the molecule is C[C@H]1[C@@H](CSc2nc(-c3ccccc3)c(-c3ccccc3)o2)O[C@@H](c2cccc(NC(=O)NC34CC5CC(CC(C5)C3)C4)c2)O[C@H]1c1ccc(CO)cc1. The lowest BCUT2D eigenvalue weighted by atomic mass is 9.53. The van der Waals surface area contributed by atoms with Gasteiger partial charge in [-0.2, -0.15) is 0 Å². The van der Waals surface area contributed by atoms with Gasteiger partial charge >= 0.3 is 6.03 Å². The minimum absolute atomic E-state index is 0.0155. The number of oxazole rings is 1. The molecule has 0 spiro atoms. The third kappa shape index (κ3) is 7.35. The molecule has 4 atom stereocenters. The molecule has 4 bridgehead atoms. The second kappa shape index (κ2) is 15.0. The molecular formula is C45H47N3O5S. The number of anilines is 1. The number of carbonyl (C=O) groups excluding carboxylic acids is 1. The highest BCUT2D eigenvalue weighted by molar-refractivity contribution is 7.99. The Morgan fingerprint density at radius 3 is 2.15 bits per heavy atom. The van der Waals surface area contributed by atoms with E-state index in [1.165, 1.54) is 31.0 Å². The summed E-state index contributed by atoms with van der Waals surface area (Å²) in [5.74, 6) is 3.56. The van der Waals surface area contributed by atoms with Gasteiger partial charge in [-0.1, -0.05) is 116 Å². The summed E-state index contributed by atoms with van der Waals surface area (Å²) < 4.78 is 20.0. The van der Waals surface area contributed by atoms with E-state index in [0.717, 1.165) is 76.3 Å². The maximum absolute atomic E-state index is 13.5. The van der Waals surface area contributed by atoms with E-state index in [-0.39, 0.29) is 36.3 Å². The molecule has 5 fully saturated rings. The van der Waals surface area contributed by atoms with Crippen molar-refractivity contribution in [3.05, 3.63) is 126 Å². The van der Waals surface area contributed by atoms with Crippen LogP contribution in [0.15, 0.2) is 119 Å². The summed E-state index contributed by atoms with van der Waals surface area (Å²) in [5, 5.41) is 16.9. The highest BCUT2D eigenvalue weighted by atomic mass is 32.2. The van der Waals surface area contributed by atoms with E-state index in [4.69, 9.17) is 18.9 Å². The first-order valence-corrected chi connectivity index (χ1v) is 20.3. The average Bonchev–Trinajstić information content (AvgIpc) is 3.62. The molecule has 54 heavy (non-hydrogen) atoms. The average molecular weight is 742 g/mol. The van der Waals surface area contributed by atoms with Gasteiger partial charge < -0.3 is 29.6 Å². The van der Waals surface area contributed by atoms with Gasteiger partial charge in [-0.25, -0.2) is 9.78 Å². The number of hydrogen-bond acceptors (Lipinski definition) is 7. The number of hydrogen-bond donors (Lipinski definition) is 3. The van der Waals surface area contributed by atoms with Crippen molar-refractivity contribution in [3.8, 4) is 22.6 Å². The lowest BCUT2D eigenvalue weighted by Gasteiger charge is -2.56. The van der Waals surface area contributed by atoms with Gasteiger partial charge in [0.15, 0.2) is 12.1 Å². The number of thioether (sulfide) groups is 1. The smallest absolute Gasteiger partial charge is 0.319 e. The van der Waals surface area contributed by atoms with Gasteiger partial charge in [0.1, 0.15) is 5.69 Å². The monoisotopic (exact) mass is 741 g/mol. The third-order valence-corrected chi connectivity index (χ3v) is 12.9. The number of aromatic nitrogens is 1. The lowest BCUT2D eigenvalue weighted by Crippen LogP contribution is -2.60. The fourth-order valence-electron chi connectivity index (χ4n) is 9.83. The summed E-state index contributed by atoms with van der Waals surface area (Å²) in [5.41, 5.74) is 6.10. The van der Waals surface area contributed by atoms with Crippen molar-refractivity contribution in [1.82, 2.24) is 10.3 Å². The van der Waals surface area contributed by atoms with Crippen LogP contribution in [0.4, 0.5) is 10.5 Å². The molecule has 3 N–H and O–H groups in total. The summed E-state index contributed by atoms with van der Waals surface area (Å²) in [6.07, 6.45) is 6.12. The fourth-order valence-corrected chi connectivity index (χ4v) is 10.8. The Hall–Kier alpha value is -4.41. The predicted octanol–water partition coefficient (Wildman–Crippen LogP) is 10.2. The Kier molecular flexibility index (Phi) is 9.82. The molecule has 9 heteroatoms. The van der Waals surface area contributed by atoms with Gasteiger partial charge in [0.2, 0.25) is 0 Å². The van der Waals surface area contributed by atoms with Crippen LogP contribution >= 0.6 is 11.8 Å². The summed E-state index contributed by atoms with van der Waals surface area (Å²) in [4.78, 5) is 18.5. The molecule has 4 aromatic carbocycles. The van der Waals surface area contributed by atoms with Crippen molar-refractivity contribution >= 4 is 23.5 Å². The molecule has 2 heterocycles. The van der Waals surface area contributed by atoms with Crippen LogP contribution in [0.5, 0.6) is 0 Å². The van der Waals surface area contributed by atoms with Gasteiger partial charge in [-0.05, 0) is 79.5 Å². The molecular weight excluding hydrogens is 695 g/mol. The van der Waals surface area contributed by atoms with E-state index >= 15 is 0 Å². The highest BCUT2D eigenvalue weighted by Gasteiger charge is 2.51. The van der Waals surface area contributed by atoms with Crippen LogP contribution in [-0.4, -0.2) is 33.5 Å². The molecule has 4 aliphatic carbocycles. The van der Waals surface area contributed by atoms with Crippen LogP contribution in [-0.2, 0) is 16.1 Å². The molecule has 4 saturated carbocycles. The summed E-state index contributed by atoms with van der Waals surface area (Å²) >= 11 is 1.54. The maximum atomic E-state index is 13.5. The summed E-state index contributed by atoms with van der Waals surface area (Å²) in [7, 11) is 0. The number of benzene rings is 4. The molecule has 1 aromatic heterocycles. The number of amides is 2. The van der Waals surface area contributed by atoms with Crippen LogP contribution in [0.25, 0.3) is 22.6 Å². The number of rotatable bonds is 10. The number of ether oxygens (including phenoxy) is 2. The predicted molar refractivity (Wildman–Crippen MR) is 211 cm³/mol. The second-order valence-electron chi connectivity index (χ2n) is 15.9. The van der Waals surface area contributed by atoms with Crippen molar-refractivity contribution < 1.29 is 23.8 Å². The topological polar surface area (TPSA) is 106 Å². The van der Waals surface area contributed by atoms with Crippen molar-refractivity contribution in [1.29, 1.82) is 0 Å². The van der Waals surface area contributed by atoms with Crippen molar-refractivity contribution in [3.63, 3.8) is 0 Å². The minimum atomic E-state index is -0.674. The van der Waals surface area contributed by atoms with Crippen LogP contribution in [0.3, 0.4) is 0 Å². The van der Waals surface area contributed by atoms with Gasteiger partial charge in [0.05, 0.1) is 18.8 Å². The zero-order valence-corrected chi connectivity index (χ0v) is 31.3. The van der Waals surface area contributed by atoms with E-state index in [2.05, 4.69) is 29.7 Å². The Morgan fingerprint density at radius 2 is 1.48 bits per heavy atom. The van der Waals surface area contributed by atoms with Gasteiger partial charge in [-0.3, -0.25) is 0 Å². The summed E-state index contributed by atoms with van der Waals surface area (Å²) in [6, 6.07) is 35.8. The lowest BCUT2D eigenvalue weighted by molar-refractivity contribution is -0.268. The number of aliphatic hydroxyl groups excluding tert-OH is 1. The summed E-state index contributed by atoms with van der Waals surface area (Å²) in [6.45, 7) is 2.13. The van der Waals surface area contributed by atoms with E-state index < -0.39 is 6.29 Å². The molecule has 1 aliphatic heterocycles. The second-order valence-corrected chi connectivity index (χ2v) is 16.9. The molecule has 5 aliphatic rings. The largest absolute Gasteiger partial charge is 0.431 e. The molecule has 2 amide bonds. The van der Waals surface area contributed by atoms with Crippen molar-refractivity contribution in [2.75, 3.05) is 11.1 Å². The normalized spacial score (nSPS) is 28.5.